The number of benzene rings is 1. The van der Waals surface area contributed by atoms with Gasteiger partial charge in [0.15, 0.2) is 11.5 Å². The lowest BCUT2D eigenvalue weighted by Crippen LogP contribution is -2.43. The van der Waals surface area contributed by atoms with Crippen LogP contribution in [0.2, 0.25) is 0 Å². The van der Waals surface area contributed by atoms with Crippen LogP contribution in [0.15, 0.2) is 18.2 Å². The molecule has 1 saturated heterocycles. The van der Waals surface area contributed by atoms with Crippen LogP contribution in [0, 0.1) is 6.57 Å². The van der Waals surface area contributed by atoms with E-state index in [0.717, 1.165) is 5.56 Å². The third kappa shape index (κ3) is 4.43. The third-order valence-corrected chi connectivity index (χ3v) is 4.56. The molecule has 6 nitrogen and oxygen atoms in total. The van der Waals surface area contributed by atoms with Crippen molar-refractivity contribution in [2.24, 2.45) is 0 Å². The van der Waals surface area contributed by atoms with Crippen LogP contribution >= 0.6 is 0 Å². The summed E-state index contributed by atoms with van der Waals surface area (Å²) in [6.07, 6.45) is 1.35. The largest absolute Gasteiger partial charge is 0.493 e. The molecule has 0 spiro atoms. The van der Waals surface area contributed by atoms with Gasteiger partial charge in [-0.1, -0.05) is 0 Å². The van der Waals surface area contributed by atoms with Crippen LogP contribution in [0.5, 0.6) is 11.5 Å². The fraction of sp³-hybridized carbons (Fsp3) is 0.579. The second-order valence-electron chi connectivity index (χ2n) is 6.02. The first-order valence-corrected chi connectivity index (χ1v) is 8.66. The van der Waals surface area contributed by atoms with Crippen molar-refractivity contribution < 1.29 is 19.0 Å². The van der Waals surface area contributed by atoms with Gasteiger partial charge in [-0.05, 0) is 32.0 Å². The van der Waals surface area contributed by atoms with Gasteiger partial charge in [0, 0.05) is 31.5 Å². The summed E-state index contributed by atoms with van der Waals surface area (Å²) in [5.41, 5.74) is 0.367. The number of nitrogens with zero attached hydrogens (tertiary/aromatic N) is 2. The molecule has 0 bridgehead atoms. The summed E-state index contributed by atoms with van der Waals surface area (Å²) in [5, 5.41) is 0. The molecule has 0 saturated carbocycles. The van der Waals surface area contributed by atoms with Crippen molar-refractivity contribution in [2.45, 2.75) is 32.2 Å². The number of likely N-dealkylation sites (tertiary alicyclic amines) is 1. The average molecular weight is 346 g/mol. The summed E-state index contributed by atoms with van der Waals surface area (Å²) in [4.78, 5) is 17.7. The normalized spacial score (nSPS) is 16.7. The first-order chi connectivity index (χ1) is 12.1. The zero-order chi connectivity index (χ0) is 18.3. The molecule has 1 aromatic rings. The lowest BCUT2D eigenvalue weighted by Gasteiger charge is -2.33. The molecule has 25 heavy (non-hydrogen) atoms. The average Bonchev–Trinajstić information content (AvgIpc) is 2.63. The van der Waals surface area contributed by atoms with E-state index in [2.05, 4.69) is 9.74 Å². The third-order valence-electron chi connectivity index (χ3n) is 4.56. The Morgan fingerprint density at radius 3 is 2.52 bits per heavy atom. The number of ether oxygens (including phenoxy) is 3. The van der Waals surface area contributed by atoms with E-state index in [1.165, 1.54) is 0 Å². The van der Waals surface area contributed by atoms with E-state index in [1.807, 2.05) is 25.1 Å². The molecule has 1 heterocycles. The molecule has 0 N–H and O–H groups in total. The fourth-order valence-electron chi connectivity index (χ4n) is 3.17. The van der Waals surface area contributed by atoms with E-state index in [4.69, 9.17) is 20.8 Å². The molecule has 1 aromatic carbocycles. The summed E-state index contributed by atoms with van der Waals surface area (Å²) in [6, 6.07) is 5.72. The first kappa shape index (κ1) is 19.1. The van der Waals surface area contributed by atoms with Gasteiger partial charge in [0.05, 0.1) is 26.9 Å². The summed E-state index contributed by atoms with van der Waals surface area (Å²) >= 11 is 0. The molecular weight excluding hydrogens is 320 g/mol. The summed E-state index contributed by atoms with van der Waals surface area (Å²) < 4.78 is 16.0. The Bertz CT molecular complexity index is 631. The van der Waals surface area contributed by atoms with E-state index >= 15 is 0 Å². The second kappa shape index (κ2) is 8.72. The van der Waals surface area contributed by atoms with Crippen molar-refractivity contribution in [2.75, 3.05) is 40.0 Å². The zero-order valence-corrected chi connectivity index (χ0v) is 15.2. The van der Waals surface area contributed by atoms with Crippen LogP contribution in [0.25, 0.3) is 4.85 Å². The van der Waals surface area contributed by atoms with Crippen molar-refractivity contribution in [3.05, 3.63) is 35.2 Å². The molecule has 2 rings (SSSR count). The molecule has 0 unspecified atom stereocenters. The topological polar surface area (TPSA) is 52.4 Å². The number of hydrogen-bond acceptors (Lipinski definition) is 5. The van der Waals surface area contributed by atoms with Crippen molar-refractivity contribution in [3.63, 3.8) is 0 Å². The molecular formula is C19H26N2O4. The maximum Gasteiger partial charge on any atom is 0.320 e. The van der Waals surface area contributed by atoms with Crippen molar-refractivity contribution >= 4 is 5.97 Å². The van der Waals surface area contributed by atoms with E-state index < -0.39 is 5.54 Å². The fourth-order valence-corrected chi connectivity index (χ4v) is 3.17. The Kier molecular flexibility index (Phi) is 6.65. The second-order valence-corrected chi connectivity index (χ2v) is 6.02. The van der Waals surface area contributed by atoms with Crippen LogP contribution in [0.1, 0.15) is 32.3 Å². The van der Waals surface area contributed by atoms with Crippen molar-refractivity contribution in [3.8, 4) is 11.5 Å². The standard InChI is InChI=1S/C19H26N2O4/c1-5-24-17-13-15(7-8-16(17)23-4)19(20-3)9-11-21(12-10-19)14-18(22)25-6-2/h7-8,13H,5-6,9-12,14H2,1-2,4H3. The minimum absolute atomic E-state index is 0.208. The van der Waals surface area contributed by atoms with Crippen LogP contribution in [-0.4, -0.2) is 50.8 Å². The van der Waals surface area contributed by atoms with Gasteiger partial charge in [-0.15, -0.1) is 0 Å². The Morgan fingerprint density at radius 1 is 1.24 bits per heavy atom. The minimum Gasteiger partial charge on any atom is -0.493 e. The first-order valence-electron chi connectivity index (χ1n) is 8.66. The smallest absolute Gasteiger partial charge is 0.320 e. The van der Waals surface area contributed by atoms with Gasteiger partial charge in [-0.3, -0.25) is 9.69 Å². The Labute approximate surface area is 149 Å². The minimum atomic E-state index is -0.580. The molecule has 0 aromatic heterocycles. The molecule has 0 radical (unpaired) electrons. The number of esters is 1. The number of rotatable bonds is 7. The predicted molar refractivity (Wildman–Crippen MR) is 94.8 cm³/mol. The summed E-state index contributed by atoms with van der Waals surface area (Å²) in [7, 11) is 1.61. The molecule has 136 valence electrons. The van der Waals surface area contributed by atoms with E-state index in [1.54, 1.807) is 14.0 Å². The highest BCUT2D eigenvalue weighted by molar-refractivity contribution is 5.71. The molecule has 0 amide bonds. The van der Waals surface area contributed by atoms with E-state index in [9.17, 15) is 4.79 Å². The van der Waals surface area contributed by atoms with Crippen molar-refractivity contribution in [1.82, 2.24) is 4.90 Å². The van der Waals surface area contributed by atoms with Crippen LogP contribution in [-0.2, 0) is 15.1 Å². The van der Waals surface area contributed by atoms with E-state index in [-0.39, 0.29) is 12.5 Å². The van der Waals surface area contributed by atoms with Crippen molar-refractivity contribution in [1.29, 1.82) is 0 Å². The number of piperidine rings is 1. The molecule has 1 aliphatic rings. The van der Waals surface area contributed by atoms with Gasteiger partial charge in [0.1, 0.15) is 0 Å². The quantitative estimate of drug-likeness (QED) is 0.561. The highest BCUT2D eigenvalue weighted by atomic mass is 16.5. The van der Waals surface area contributed by atoms with Gasteiger partial charge in [0.2, 0.25) is 0 Å². The van der Waals surface area contributed by atoms with Gasteiger partial charge >= 0.3 is 5.97 Å². The molecule has 0 atom stereocenters. The molecule has 0 aliphatic carbocycles. The maximum atomic E-state index is 11.6. The summed E-state index contributed by atoms with van der Waals surface area (Å²) in [6.45, 7) is 14.1. The lowest BCUT2D eigenvalue weighted by molar-refractivity contribution is -0.144. The Morgan fingerprint density at radius 2 is 1.96 bits per heavy atom. The number of carbonyl (C=O) groups excluding carboxylic acids is 1. The van der Waals surface area contributed by atoms with Gasteiger partial charge in [-0.25, -0.2) is 6.57 Å². The Hall–Kier alpha value is -2.26. The predicted octanol–water partition coefficient (Wildman–Crippen LogP) is 2.87. The van der Waals surface area contributed by atoms with Crippen LogP contribution < -0.4 is 9.47 Å². The molecule has 1 fully saturated rings. The SMILES string of the molecule is [C-]#[N+]C1(c2ccc(OC)c(OCC)c2)CCN(CC(=O)OCC)CC1. The zero-order valence-electron chi connectivity index (χ0n) is 15.2. The van der Waals surface area contributed by atoms with Gasteiger partial charge < -0.3 is 19.1 Å². The summed E-state index contributed by atoms with van der Waals surface area (Å²) in [5.74, 6) is 1.13. The van der Waals surface area contributed by atoms with E-state index in [0.29, 0.717) is 50.6 Å². The lowest BCUT2D eigenvalue weighted by atomic mass is 9.81. The highest BCUT2D eigenvalue weighted by Crippen LogP contribution is 2.40. The highest BCUT2D eigenvalue weighted by Gasteiger charge is 2.43. The van der Waals surface area contributed by atoms with Crippen LogP contribution in [0.3, 0.4) is 0 Å². The number of hydrogen-bond donors (Lipinski definition) is 0. The number of carbonyl (C=O) groups is 1. The maximum absolute atomic E-state index is 11.6. The molecule has 1 aliphatic heterocycles. The van der Waals surface area contributed by atoms with Gasteiger partial charge in [0.25, 0.3) is 5.54 Å². The van der Waals surface area contributed by atoms with Gasteiger partial charge in [-0.2, -0.15) is 0 Å². The molecule has 6 heteroatoms. The monoisotopic (exact) mass is 346 g/mol. The number of methoxy groups -OCH3 is 1. The Balaban J connectivity index is 2.13. The van der Waals surface area contributed by atoms with Crippen LogP contribution in [0.4, 0.5) is 0 Å².